The van der Waals surface area contributed by atoms with Crippen LogP contribution in [0, 0.1) is 0 Å². The van der Waals surface area contributed by atoms with Crippen molar-refractivity contribution in [2.45, 2.75) is 51.7 Å². The molecule has 1 atom stereocenters. The molecule has 1 heterocycles. The monoisotopic (exact) mass is 404 g/mol. The van der Waals surface area contributed by atoms with E-state index in [2.05, 4.69) is 10.3 Å². The zero-order chi connectivity index (χ0) is 21.6. The molecule has 0 saturated carbocycles. The highest BCUT2D eigenvalue weighted by Crippen LogP contribution is 2.23. The summed E-state index contributed by atoms with van der Waals surface area (Å²) in [5.74, 6) is -0.257. The highest BCUT2D eigenvalue weighted by atomic mass is 16.6. The van der Waals surface area contributed by atoms with E-state index in [4.69, 9.17) is 4.74 Å². The van der Waals surface area contributed by atoms with Gasteiger partial charge in [0.05, 0.1) is 11.2 Å². The minimum atomic E-state index is -0.589. The molecular weight excluding hydrogens is 376 g/mol. The predicted molar refractivity (Wildman–Crippen MR) is 120 cm³/mol. The molecule has 0 fully saturated rings. The summed E-state index contributed by atoms with van der Waals surface area (Å²) in [4.78, 5) is 29.7. The summed E-state index contributed by atoms with van der Waals surface area (Å²) >= 11 is 0. The maximum Gasteiger partial charge on any atom is 0.329 e. The SMILES string of the molecule is CC(C)(C)OC(=O)[C@@H](CCCC(=O)c1ccccc1)Nc1cccc2cccnc12. The summed E-state index contributed by atoms with van der Waals surface area (Å²) in [5.41, 5.74) is 1.68. The fraction of sp³-hybridized carbons (Fsp3) is 0.320. The summed E-state index contributed by atoms with van der Waals surface area (Å²) in [6.07, 6.45) is 3.16. The minimum absolute atomic E-state index is 0.0744. The Kier molecular flexibility index (Phi) is 6.83. The van der Waals surface area contributed by atoms with Gasteiger partial charge in [0.1, 0.15) is 11.6 Å². The number of nitrogens with zero attached hydrogens (tertiary/aromatic N) is 1. The van der Waals surface area contributed by atoms with Crippen molar-refractivity contribution in [3.63, 3.8) is 0 Å². The first-order chi connectivity index (χ1) is 14.3. The first-order valence-corrected chi connectivity index (χ1v) is 10.2. The number of anilines is 1. The van der Waals surface area contributed by atoms with Gasteiger partial charge in [-0.3, -0.25) is 9.78 Å². The molecule has 0 unspecified atom stereocenters. The van der Waals surface area contributed by atoms with Crippen molar-refractivity contribution in [2.24, 2.45) is 0 Å². The van der Waals surface area contributed by atoms with Crippen LogP contribution in [0.1, 0.15) is 50.4 Å². The van der Waals surface area contributed by atoms with Crippen molar-refractivity contribution in [3.05, 3.63) is 72.4 Å². The van der Waals surface area contributed by atoms with Crippen molar-refractivity contribution >= 4 is 28.3 Å². The third kappa shape index (κ3) is 5.89. The van der Waals surface area contributed by atoms with Crippen LogP contribution in [0.15, 0.2) is 66.9 Å². The van der Waals surface area contributed by atoms with E-state index in [1.54, 1.807) is 6.20 Å². The van der Waals surface area contributed by atoms with E-state index < -0.39 is 11.6 Å². The Hall–Kier alpha value is -3.21. The molecule has 0 amide bonds. The van der Waals surface area contributed by atoms with E-state index in [0.29, 0.717) is 24.8 Å². The van der Waals surface area contributed by atoms with E-state index in [-0.39, 0.29) is 11.8 Å². The van der Waals surface area contributed by atoms with E-state index in [0.717, 1.165) is 16.6 Å². The molecule has 0 radical (unpaired) electrons. The van der Waals surface area contributed by atoms with Crippen molar-refractivity contribution in [1.82, 2.24) is 4.98 Å². The average molecular weight is 405 g/mol. The molecule has 0 bridgehead atoms. The molecule has 0 saturated heterocycles. The predicted octanol–water partition coefficient (Wildman–Crippen LogP) is 5.41. The second-order valence-electron chi connectivity index (χ2n) is 8.29. The lowest BCUT2D eigenvalue weighted by Crippen LogP contribution is -2.36. The minimum Gasteiger partial charge on any atom is -0.458 e. The molecule has 0 aliphatic carbocycles. The number of rotatable bonds is 8. The Bertz CT molecular complexity index is 1000. The number of aromatic nitrogens is 1. The number of carbonyl (C=O) groups excluding carboxylic acids is 2. The maximum absolute atomic E-state index is 12.9. The average Bonchev–Trinajstić information content (AvgIpc) is 2.72. The molecular formula is C25H28N2O3. The van der Waals surface area contributed by atoms with Crippen LogP contribution in [0.5, 0.6) is 0 Å². The highest BCUT2D eigenvalue weighted by Gasteiger charge is 2.26. The lowest BCUT2D eigenvalue weighted by Gasteiger charge is -2.25. The van der Waals surface area contributed by atoms with Crippen LogP contribution in [-0.2, 0) is 9.53 Å². The number of carbonyl (C=O) groups is 2. The Morgan fingerprint density at radius 1 is 1.00 bits per heavy atom. The third-order valence-corrected chi connectivity index (χ3v) is 4.65. The van der Waals surface area contributed by atoms with Gasteiger partial charge in [-0.15, -0.1) is 0 Å². The van der Waals surface area contributed by atoms with Gasteiger partial charge in [-0.2, -0.15) is 0 Å². The molecule has 1 aromatic heterocycles. The lowest BCUT2D eigenvalue weighted by molar-refractivity contribution is -0.156. The number of hydrogen-bond acceptors (Lipinski definition) is 5. The van der Waals surface area contributed by atoms with Crippen LogP contribution < -0.4 is 5.32 Å². The van der Waals surface area contributed by atoms with Crippen LogP contribution >= 0.6 is 0 Å². The van der Waals surface area contributed by atoms with E-state index >= 15 is 0 Å². The largest absolute Gasteiger partial charge is 0.458 e. The van der Waals surface area contributed by atoms with Gasteiger partial charge in [0, 0.05) is 23.6 Å². The van der Waals surface area contributed by atoms with Gasteiger partial charge in [0.25, 0.3) is 0 Å². The molecule has 156 valence electrons. The summed E-state index contributed by atoms with van der Waals surface area (Å²) in [6, 6.07) is 18.3. The normalized spacial score (nSPS) is 12.4. The van der Waals surface area contributed by atoms with Gasteiger partial charge in [-0.05, 0) is 45.7 Å². The van der Waals surface area contributed by atoms with E-state index in [1.165, 1.54) is 0 Å². The Morgan fingerprint density at radius 3 is 2.47 bits per heavy atom. The molecule has 30 heavy (non-hydrogen) atoms. The number of hydrogen-bond donors (Lipinski definition) is 1. The smallest absolute Gasteiger partial charge is 0.329 e. The molecule has 5 nitrogen and oxygen atoms in total. The van der Waals surface area contributed by atoms with Gasteiger partial charge in [-0.1, -0.05) is 48.5 Å². The Balaban J connectivity index is 1.73. The fourth-order valence-corrected chi connectivity index (χ4v) is 3.27. The van der Waals surface area contributed by atoms with Crippen molar-refractivity contribution < 1.29 is 14.3 Å². The first-order valence-electron chi connectivity index (χ1n) is 10.2. The quantitative estimate of drug-likeness (QED) is 0.402. The van der Waals surface area contributed by atoms with E-state index in [9.17, 15) is 9.59 Å². The number of pyridine rings is 1. The van der Waals surface area contributed by atoms with Crippen molar-refractivity contribution in [2.75, 3.05) is 5.32 Å². The number of ether oxygens (including phenoxy) is 1. The molecule has 0 spiro atoms. The molecule has 3 aromatic rings. The van der Waals surface area contributed by atoms with Crippen LogP contribution in [0.2, 0.25) is 0 Å². The molecule has 3 rings (SSSR count). The number of ketones is 1. The van der Waals surface area contributed by atoms with Crippen LogP contribution in [0.3, 0.4) is 0 Å². The number of para-hydroxylation sites is 1. The molecule has 0 aliphatic heterocycles. The summed E-state index contributed by atoms with van der Waals surface area (Å²) in [7, 11) is 0. The van der Waals surface area contributed by atoms with Crippen molar-refractivity contribution in [3.8, 4) is 0 Å². The summed E-state index contributed by atoms with van der Waals surface area (Å²) in [6.45, 7) is 5.54. The summed E-state index contributed by atoms with van der Waals surface area (Å²) in [5, 5.41) is 4.30. The third-order valence-electron chi connectivity index (χ3n) is 4.65. The summed E-state index contributed by atoms with van der Waals surface area (Å²) < 4.78 is 5.62. The van der Waals surface area contributed by atoms with Crippen molar-refractivity contribution in [1.29, 1.82) is 0 Å². The molecule has 0 aliphatic rings. The fourth-order valence-electron chi connectivity index (χ4n) is 3.27. The van der Waals surface area contributed by atoms with Crippen LogP contribution in [0.4, 0.5) is 5.69 Å². The second kappa shape index (κ2) is 9.53. The molecule has 2 aromatic carbocycles. The van der Waals surface area contributed by atoms with E-state index in [1.807, 2.05) is 81.4 Å². The number of Topliss-reactive ketones (excluding diaryl/α,β-unsaturated/α-hetero) is 1. The van der Waals surface area contributed by atoms with Gasteiger partial charge >= 0.3 is 5.97 Å². The highest BCUT2D eigenvalue weighted by molar-refractivity contribution is 5.96. The lowest BCUT2D eigenvalue weighted by atomic mass is 10.0. The topological polar surface area (TPSA) is 68.3 Å². The first kappa shape index (κ1) is 21.5. The number of benzene rings is 2. The standard InChI is InChI=1S/C25H28N2O3/c1-25(2,3)30-24(29)21(15-8-16-22(28)18-10-5-4-6-11-18)27-20-14-7-12-19-13-9-17-26-23(19)20/h4-7,9-14,17,21,27H,8,15-16H2,1-3H3/t21-/m1/s1. The van der Waals surface area contributed by atoms with Crippen LogP contribution in [0.25, 0.3) is 10.9 Å². The van der Waals surface area contributed by atoms with Gasteiger partial charge < -0.3 is 10.1 Å². The number of nitrogens with one attached hydrogen (secondary N) is 1. The van der Waals surface area contributed by atoms with Gasteiger partial charge in [-0.25, -0.2) is 4.79 Å². The second-order valence-corrected chi connectivity index (χ2v) is 8.29. The maximum atomic E-state index is 12.9. The van der Waals surface area contributed by atoms with Gasteiger partial charge in [0.15, 0.2) is 5.78 Å². The Morgan fingerprint density at radius 2 is 1.73 bits per heavy atom. The zero-order valence-corrected chi connectivity index (χ0v) is 17.7. The van der Waals surface area contributed by atoms with Crippen LogP contribution in [-0.4, -0.2) is 28.4 Å². The Labute approximate surface area is 177 Å². The molecule has 5 heteroatoms. The number of esters is 1. The van der Waals surface area contributed by atoms with Gasteiger partial charge in [0.2, 0.25) is 0 Å². The number of fused-ring (bicyclic) bond motifs is 1. The zero-order valence-electron chi connectivity index (χ0n) is 17.7. The molecule has 1 N–H and O–H groups in total.